The van der Waals surface area contributed by atoms with Gasteiger partial charge in [0.2, 0.25) is 0 Å². The van der Waals surface area contributed by atoms with Crippen LogP contribution in [0.3, 0.4) is 0 Å². The van der Waals surface area contributed by atoms with Gasteiger partial charge in [-0.25, -0.2) is 0 Å². The number of nitrogens with zero attached hydrogens (tertiary/aromatic N) is 6. The number of rotatable bonds is 11. The lowest BCUT2D eigenvalue weighted by Crippen LogP contribution is -2.19. The first-order valence-corrected chi connectivity index (χ1v) is 26.1. The van der Waals surface area contributed by atoms with E-state index in [4.69, 9.17) is 9.47 Å². The summed E-state index contributed by atoms with van der Waals surface area (Å²) >= 11 is 1.66. The molecular formula is C53H82N6O3S3. The minimum Gasteiger partial charge on any atom is -0.504 e. The summed E-state index contributed by atoms with van der Waals surface area (Å²) in [6.07, 6.45) is 8.90. The molecule has 2 aliphatic rings. The number of benzene rings is 2. The van der Waals surface area contributed by atoms with Crippen molar-refractivity contribution in [2.75, 3.05) is 32.3 Å². The third-order valence-electron chi connectivity index (χ3n) is 9.96. The maximum atomic E-state index is 10.1. The van der Waals surface area contributed by atoms with Gasteiger partial charge in [0.25, 0.3) is 0 Å². The van der Waals surface area contributed by atoms with E-state index in [1.807, 2.05) is 75.8 Å². The molecule has 12 heteroatoms. The van der Waals surface area contributed by atoms with Crippen molar-refractivity contribution in [2.45, 2.75) is 141 Å². The number of pyridine rings is 1. The molecule has 360 valence electrons. The van der Waals surface area contributed by atoms with Gasteiger partial charge < -0.3 is 14.6 Å². The normalized spacial score (nSPS) is 14.0. The summed E-state index contributed by atoms with van der Waals surface area (Å²) in [5, 5.41) is 26.6. The molecule has 2 aromatic heterocycles. The molecule has 1 N–H and O–H groups in total. The van der Waals surface area contributed by atoms with Crippen LogP contribution in [0.25, 0.3) is 10.4 Å². The molecule has 0 unspecified atom stereocenters. The maximum absolute atomic E-state index is 10.1. The van der Waals surface area contributed by atoms with Gasteiger partial charge in [0.1, 0.15) is 5.75 Å². The molecule has 0 atom stereocenters. The second-order valence-corrected chi connectivity index (χ2v) is 25.6. The van der Waals surface area contributed by atoms with Crippen molar-refractivity contribution in [1.82, 2.24) is 4.98 Å². The lowest BCUT2D eigenvalue weighted by atomic mass is 9.88. The van der Waals surface area contributed by atoms with Gasteiger partial charge in [0.05, 0.1) is 14.2 Å². The van der Waals surface area contributed by atoms with Crippen LogP contribution in [0.1, 0.15) is 140 Å². The standard InChI is InChI=1S/C20H27NO2S3.C12H18O.C9H13N.C7H14.C5H10N4/c1-20(2,3)7-10-25-26-11-8-21-14-15-12-17(22)18(23-4)13-16(15)19-6-5-9-24-19;1-12(2,3)9-10-5-7-11(13-4)8-6-10;1-9(2,3)8-6-4-5-7-10-8;1-7(2,3)6-4-5-6;1-5(2,3)4-6-8-9-7-4/h5-6,9,12-14,22H,7-8,10-11H2,1-4H3;5-8H,9H2,1-4H3;4-7H,1-3H3;6H,4-5H2,1-3H3;4H,1-3H3. The monoisotopic (exact) mass is 947 g/mol. The van der Waals surface area contributed by atoms with E-state index in [0.29, 0.717) is 22.0 Å². The van der Waals surface area contributed by atoms with Gasteiger partial charge >= 0.3 is 0 Å². The van der Waals surface area contributed by atoms with E-state index in [1.165, 1.54) is 30.6 Å². The first kappa shape index (κ1) is 57.4. The van der Waals surface area contributed by atoms with Crippen LogP contribution in [0, 0.1) is 27.6 Å². The molecule has 0 amide bonds. The molecule has 0 spiro atoms. The summed E-state index contributed by atoms with van der Waals surface area (Å²) in [6.45, 7) is 34.0. The third kappa shape index (κ3) is 25.1. The molecular weight excluding hydrogens is 865 g/mol. The Balaban J connectivity index is 0.000000309. The lowest BCUT2D eigenvalue weighted by molar-refractivity contribution is 0.328. The summed E-state index contributed by atoms with van der Waals surface area (Å²) in [7, 11) is 7.06. The number of aromatic hydroxyl groups is 1. The first-order valence-electron chi connectivity index (χ1n) is 22.8. The Kier molecular flexibility index (Phi) is 24.0. The minimum atomic E-state index is -0.0718. The van der Waals surface area contributed by atoms with E-state index in [9.17, 15) is 5.11 Å². The number of phenolic OH excluding ortho intramolecular Hbond substituents is 1. The first-order chi connectivity index (χ1) is 30.2. The molecule has 2 aromatic carbocycles. The van der Waals surface area contributed by atoms with Crippen LogP contribution in [0.5, 0.6) is 17.2 Å². The lowest BCUT2D eigenvalue weighted by Gasteiger charge is -2.18. The van der Waals surface area contributed by atoms with Gasteiger partial charge in [-0.15, -0.1) is 21.6 Å². The van der Waals surface area contributed by atoms with Gasteiger partial charge in [-0.3, -0.25) is 9.98 Å². The Bertz CT molecular complexity index is 1990. The number of hydrogen-bond acceptors (Lipinski definition) is 12. The highest BCUT2D eigenvalue weighted by molar-refractivity contribution is 8.76. The molecule has 1 aliphatic carbocycles. The highest BCUT2D eigenvalue weighted by Gasteiger charge is 2.33. The number of thiophene rings is 1. The summed E-state index contributed by atoms with van der Waals surface area (Å²) in [5.74, 6) is 4.76. The smallest absolute Gasteiger partial charge is 0.190 e. The van der Waals surface area contributed by atoms with E-state index >= 15 is 0 Å². The molecule has 1 aliphatic heterocycles. The average Bonchev–Trinajstić information content (AvgIpc) is 3.66. The summed E-state index contributed by atoms with van der Waals surface area (Å²) in [6, 6.07) is 22.0. The number of methoxy groups -OCH3 is 2. The van der Waals surface area contributed by atoms with Gasteiger partial charge in [-0.2, -0.15) is 0 Å². The predicted molar refractivity (Wildman–Crippen MR) is 284 cm³/mol. The molecule has 6 rings (SSSR count). The molecule has 1 fully saturated rings. The maximum Gasteiger partial charge on any atom is 0.190 e. The number of aromatic nitrogens is 1. The number of ether oxygens (including phenoxy) is 2. The minimum absolute atomic E-state index is 0.0590. The van der Waals surface area contributed by atoms with Crippen LogP contribution in [0.4, 0.5) is 0 Å². The van der Waals surface area contributed by atoms with E-state index in [1.54, 1.807) is 31.6 Å². The third-order valence-corrected chi connectivity index (χ3v) is 13.2. The van der Waals surface area contributed by atoms with Crippen molar-refractivity contribution in [3.8, 4) is 27.7 Å². The molecule has 1 saturated carbocycles. The molecule has 9 nitrogen and oxygen atoms in total. The topological polar surface area (TPSA) is 113 Å². The Morgan fingerprint density at radius 1 is 0.738 bits per heavy atom. The van der Waals surface area contributed by atoms with Gasteiger partial charge in [-0.05, 0) is 112 Å². The van der Waals surface area contributed by atoms with Crippen molar-refractivity contribution in [3.05, 3.63) is 95.1 Å². The summed E-state index contributed by atoms with van der Waals surface area (Å²) in [5.41, 5.74) is 6.07. The van der Waals surface area contributed by atoms with Crippen molar-refractivity contribution in [2.24, 2.45) is 53.2 Å². The van der Waals surface area contributed by atoms with Crippen LogP contribution in [0.15, 0.2) is 104 Å². The van der Waals surface area contributed by atoms with E-state index < -0.39 is 0 Å². The van der Waals surface area contributed by atoms with Crippen LogP contribution in [-0.2, 0) is 11.8 Å². The Morgan fingerprint density at radius 3 is 1.78 bits per heavy atom. The molecule has 0 radical (unpaired) electrons. The molecule has 0 bridgehead atoms. The van der Waals surface area contributed by atoms with Gasteiger partial charge in [-0.1, -0.05) is 150 Å². The highest BCUT2D eigenvalue weighted by atomic mass is 33.1. The zero-order chi connectivity index (χ0) is 48.9. The van der Waals surface area contributed by atoms with E-state index in [2.05, 4.69) is 159 Å². The fourth-order valence-electron chi connectivity index (χ4n) is 5.84. The zero-order valence-corrected chi connectivity index (χ0v) is 45.3. The second-order valence-electron chi connectivity index (χ2n) is 21.9. The molecule has 3 heterocycles. The van der Waals surface area contributed by atoms with Crippen molar-refractivity contribution < 1.29 is 14.6 Å². The van der Waals surface area contributed by atoms with E-state index in [0.717, 1.165) is 52.1 Å². The number of aliphatic imine (C=N–C) groups is 1. The van der Waals surface area contributed by atoms with E-state index in [-0.39, 0.29) is 22.7 Å². The quantitative estimate of drug-likeness (QED) is 0.0910. The van der Waals surface area contributed by atoms with Gasteiger partial charge in [0.15, 0.2) is 17.7 Å². The zero-order valence-electron chi connectivity index (χ0n) is 42.9. The van der Waals surface area contributed by atoms with Crippen molar-refractivity contribution in [1.29, 1.82) is 0 Å². The van der Waals surface area contributed by atoms with Crippen LogP contribution >= 0.6 is 32.9 Å². The Hall–Kier alpha value is -3.74. The molecule has 0 saturated heterocycles. The Morgan fingerprint density at radius 2 is 1.37 bits per heavy atom. The highest BCUT2D eigenvalue weighted by Crippen LogP contribution is 2.44. The fraction of sp³-hybridized carbons (Fsp3) is 0.585. The van der Waals surface area contributed by atoms with Crippen LogP contribution < -0.4 is 9.47 Å². The largest absolute Gasteiger partial charge is 0.504 e. The second kappa shape index (κ2) is 27.2. The van der Waals surface area contributed by atoms with Crippen molar-refractivity contribution in [3.63, 3.8) is 0 Å². The SMILES string of the molecule is CC(C)(C)C1CC1.CC(C)(C)C1N=NN=N1.CC(C)(C)c1ccccn1.COc1cc(-c2cccs2)c(C=NCCSSCCC(C)(C)C)cc1O.COc1ccc(CC(C)(C)C)cc1. The Labute approximate surface area is 406 Å². The molecule has 65 heavy (non-hydrogen) atoms. The van der Waals surface area contributed by atoms with Crippen LogP contribution in [-0.4, -0.2) is 54.7 Å². The van der Waals surface area contributed by atoms with Crippen molar-refractivity contribution >= 4 is 39.1 Å². The average molecular weight is 947 g/mol. The predicted octanol–water partition coefficient (Wildman–Crippen LogP) is 16.7. The number of hydrogen-bond donors (Lipinski definition) is 1. The molecule has 4 aromatic rings. The fourth-order valence-corrected chi connectivity index (χ4v) is 8.90. The summed E-state index contributed by atoms with van der Waals surface area (Å²) < 4.78 is 10.3. The number of phenols is 1. The van der Waals surface area contributed by atoms with Gasteiger partial charge in [0, 0.05) is 63.0 Å². The summed E-state index contributed by atoms with van der Waals surface area (Å²) in [4.78, 5) is 9.93. The van der Waals surface area contributed by atoms with Crippen LogP contribution in [0.2, 0.25) is 0 Å².